The maximum absolute atomic E-state index is 13.9. The van der Waals surface area contributed by atoms with Crippen LogP contribution in [0.5, 0.6) is 11.5 Å². The van der Waals surface area contributed by atoms with Crippen LogP contribution in [0.4, 0.5) is 16.2 Å². The van der Waals surface area contributed by atoms with Crippen molar-refractivity contribution in [3.8, 4) is 11.5 Å². The first kappa shape index (κ1) is 20.8. The number of amides is 2. The molecule has 2 aromatic carbocycles. The largest absolute Gasteiger partial charge is 0.486 e. The van der Waals surface area contributed by atoms with E-state index in [1.165, 1.54) is 12.8 Å². The minimum atomic E-state index is -2.62. The average molecular weight is 458 g/mol. The summed E-state index contributed by atoms with van der Waals surface area (Å²) in [5, 5.41) is 1.03. The smallest absolute Gasteiger partial charge is 0.334 e. The molecule has 6 nitrogen and oxygen atoms in total. The minimum absolute atomic E-state index is 0.0505. The van der Waals surface area contributed by atoms with E-state index in [1.54, 1.807) is 0 Å². The second-order valence-corrected chi connectivity index (χ2v) is 12.1. The van der Waals surface area contributed by atoms with Crippen molar-refractivity contribution in [1.29, 1.82) is 0 Å². The van der Waals surface area contributed by atoms with Gasteiger partial charge in [-0.2, -0.15) is 0 Å². The number of anilines is 2. The van der Waals surface area contributed by atoms with E-state index in [-0.39, 0.29) is 6.03 Å². The first-order valence-electron chi connectivity index (χ1n) is 11.1. The Bertz CT molecular complexity index is 1020. The summed E-state index contributed by atoms with van der Waals surface area (Å²) in [5.41, 5.74) is 1.73. The maximum Gasteiger partial charge on any atom is 0.334 e. The number of para-hydroxylation sites is 1. The van der Waals surface area contributed by atoms with E-state index in [0.717, 1.165) is 48.4 Å². The molecule has 2 aromatic rings. The number of urea groups is 1. The molecule has 0 radical (unpaired) electrons. The van der Waals surface area contributed by atoms with Crippen LogP contribution < -0.4 is 24.3 Å². The highest BCUT2D eigenvalue weighted by atomic mass is 32.4. The van der Waals surface area contributed by atoms with Gasteiger partial charge in [-0.15, -0.1) is 0 Å². The van der Waals surface area contributed by atoms with Gasteiger partial charge in [-0.25, -0.2) is 9.46 Å². The molecule has 3 aliphatic heterocycles. The highest BCUT2D eigenvalue weighted by Gasteiger charge is 2.47. The Labute approximate surface area is 188 Å². The quantitative estimate of drug-likeness (QED) is 0.624. The van der Waals surface area contributed by atoms with Crippen LogP contribution in [-0.4, -0.2) is 43.5 Å². The second-order valence-electron chi connectivity index (χ2n) is 8.07. The van der Waals surface area contributed by atoms with E-state index in [0.29, 0.717) is 25.5 Å². The molecule has 1 saturated heterocycles. The van der Waals surface area contributed by atoms with Crippen molar-refractivity contribution in [2.45, 2.75) is 32.6 Å². The number of fused-ring (bicyclic) bond motifs is 2. The number of carbonyl (C=O) groups excluding carboxylic acids is 1. The number of rotatable bonds is 3. The normalized spacial score (nSPS) is 24.0. The van der Waals surface area contributed by atoms with Gasteiger partial charge in [0.15, 0.2) is 11.5 Å². The molecule has 31 heavy (non-hydrogen) atoms. The van der Waals surface area contributed by atoms with Gasteiger partial charge in [0.1, 0.15) is 19.6 Å². The molecule has 0 saturated carbocycles. The van der Waals surface area contributed by atoms with E-state index in [9.17, 15) is 4.79 Å². The predicted octanol–water partition coefficient (Wildman–Crippen LogP) is 4.74. The third-order valence-electron chi connectivity index (χ3n) is 6.21. The van der Waals surface area contributed by atoms with E-state index in [2.05, 4.69) is 10.7 Å². The molecule has 0 aromatic heterocycles. The zero-order valence-electron chi connectivity index (χ0n) is 17.8. The lowest BCUT2D eigenvalue weighted by molar-refractivity contribution is 0.172. The molecule has 1 unspecified atom stereocenters. The number of ether oxygens (including phenoxy) is 2. The van der Waals surface area contributed by atoms with Gasteiger partial charge in [0.2, 0.25) is 0 Å². The fraction of sp³-hybridized carbons (Fsp3) is 0.435. The molecule has 0 bridgehead atoms. The summed E-state index contributed by atoms with van der Waals surface area (Å²) in [6.07, 6.45) is 2.01. The Morgan fingerprint density at radius 1 is 0.968 bits per heavy atom. The van der Waals surface area contributed by atoms with Gasteiger partial charge in [0.05, 0.1) is 11.4 Å². The van der Waals surface area contributed by atoms with Crippen molar-refractivity contribution >= 4 is 40.9 Å². The molecule has 0 N–H and O–H groups in total. The third kappa shape index (κ3) is 3.43. The standard InChI is InChI=1S/C23H28N3O3PS/c1-2-25-19-16-20-21(29-15-14-28-20)17-22(19)30(31,24-12-8-3-4-9-13-24)26(23(25)27)18-10-6-5-7-11-18/h5-7,10-11,16-17H,2-4,8-9,12-15H2,1H3. The van der Waals surface area contributed by atoms with Gasteiger partial charge >= 0.3 is 6.03 Å². The maximum atomic E-state index is 13.9. The van der Waals surface area contributed by atoms with Crippen LogP contribution >= 0.6 is 6.34 Å². The summed E-state index contributed by atoms with van der Waals surface area (Å²) in [4.78, 5) is 15.8. The zero-order chi connectivity index (χ0) is 21.4. The zero-order valence-corrected chi connectivity index (χ0v) is 19.5. The van der Waals surface area contributed by atoms with Gasteiger partial charge in [-0.1, -0.05) is 42.8 Å². The third-order valence-corrected chi connectivity index (χ3v) is 11.1. The Kier molecular flexibility index (Phi) is 5.67. The summed E-state index contributed by atoms with van der Waals surface area (Å²) < 4.78 is 16.1. The van der Waals surface area contributed by atoms with Crippen LogP contribution in [0.2, 0.25) is 0 Å². The highest BCUT2D eigenvalue weighted by Crippen LogP contribution is 2.60. The molecule has 0 aliphatic carbocycles. The van der Waals surface area contributed by atoms with Crippen LogP contribution in [-0.2, 0) is 11.8 Å². The molecule has 2 amide bonds. The Morgan fingerprint density at radius 3 is 2.26 bits per heavy atom. The lowest BCUT2D eigenvalue weighted by Crippen LogP contribution is -2.53. The average Bonchev–Trinajstić information content (AvgIpc) is 3.09. The first-order chi connectivity index (χ1) is 15.1. The van der Waals surface area contributed by atoms with Gasteiger partial charge in [-0.05, 0) is 38.0 Å². The van der Waals surface area contributed by atoms with Crippen molar-refractivity contribution in [3.05, 3.63) is 42.5 Å². The van der Waals surface area contributed by atoms with Gasteiger partial charge < -0.3 is 9.47 Å². The molecule has 5 rings (SSSR count). The highest BCUT2D eigenvalue weighted by molar-refractivity contribution is 8.18. The Morgan fingerprint density at radius 2 is 1.61 bits per heavy atom. The summed E-state index contributed by atoms with van der Waals surface area (Å²) in [6.45, 7) is 5.42. The number of benzene rings is 2. The van der Waals surface area contributed by atoms with E-state index in [1.807, 2.05) is 52.9 Å². The van der Waals surface area contributed by atoms with E-state index in [4.69, 9.17) is 21.3 Å². The fourth-order valence-corrected chi connectivity index (χ4v) is 9.28. The van der Waals surface area contributed by atoms with Crippen molar-refractivity contribution in [2.75, 3.05) is 42.4 Å². The summed E-state index contributed by atoms with van der Waals surface area (Å²) >= 11 is 6.59. The van der Waals surface area contributed by atoms with Crippen molar-refractivity contribution in [1.82, 2.24) is 4.67 Å². The van der Waals surface area contributed by atoms with Crippen LogP contribution in [0.3, 0.4) is 0 Å². The minimum Gasteiger partial charge on any atom is -0.486 e. The summed E-state index contributed by atoms with van der Waals surface area (Å²) in [5.74, 6) is 1.43. The van der Waals surface area contributed by atoms with Crippen molar-refractivity contribution < 1.29 is 14.3 Å². The van der Waals surface area contributed by atoms with E-state index >= 15 is 0 Å². The predicted molar refractivity (Wildman–Crippen MR) is 129 cm³/mol. The molecule has 3 aliphatic rings. The van der Waals surface area contributed by atoms with Crippen molar-refractivity contribution in [2.24, 2.45) is 0 Å². The molecule has 1 fully saturated rings. The molecule has 3 heterocycles. The topological polar surface area (TPSA) is 45.3 Å². The SMILES string of the molecule is CCN1C(=O)N(c2ccccc2)P(=S)(N2CCCCCC2)c2cc3c(cc21)OCCO3. The number of hydrogen-bond donors (Lipinski definition) is 0. The van der Waals surface area contributed by atoms with Gasteiger partial charge in [0.25, 0.3) is 0 Å². The van der Waals surface area contributed by atoms with Crippen LogP contribution in [0.25, 0.3) is 0 Å². The summed E-state index contributed by atoms with van der Waals surface area (Å²) in [7, 11) is 0. The number of hydrogen-bond acceptors (Lipinski definition) is 4. The van der Waals surface area contributed by atoms with Crippen molar-refractivity contribution in [3.63, 3.8) is 0 Å². The Hall–Kier alpha value is -2.08. The second kappa shape index (κ2) is 8.45. The molecular weight excluding hydrogens is 429 g/mol. The van der Waals surface area contributed by atoms with Gasteiger partial charge in [-0.3, -0.25) is 9.57 Å². The lowest BCUT2D eigenvalue weighted by atomic mass is 10.2. The lowest BCUT2D eigenvalue weighted by Gasteiger charge is -2.49. The monoisotopic (exact) mass is 457 g/mol. The molecule has 0 spiro atoms. The Balaban J connectivity index is 1.76. The number of carbonyl (C=O) groups is 1. The van der Waals surface area contributed by atoms with Gasteiger partial charge in [0, 0.05) is 31.0 Å². The molecule has 164 valence electrons. The van der Waals surface area contributed by atoms with Crippen LogP contribution in [0.15, 0.2) is 42.5 Å². The fourth-order valence-electron chi connectivity index (χ4n) is 4.70. The van der Waals surface area contributed by atoms with Crippen LogP contribution in [0, 0.1) is 0 Å². The molecule has 1 atom stereocenters. The van der Waals surface area contributed by atoms with E-state index < -0.39 is 6.34 Å². The van der Waals surface area contributed by atoms with Crippen LogP contribution in [0.1, 0.15) is 32.6 Å². The first-order valence-corrected chi connectivity index (χ1v) is 13.8. The number of nitrogens with zero attached hydrogens (tertiary/aromatic N) is 3. The summed E-state index contributed by atoms with van der Waals surface area (Å²) in [6, 6.07) is 13.9. The molecular formula is C23H28N3O3PS. The molecule has 8 heteroatoms.